The fraction of sp³-hybridized carbons (Fsp3) is 0.846. The molecule has 0 aromatic heterocycles. The maximum atomic E-state index is 5.55. The zero-order valence-corrected chi connectivity index (χ0v) is 11.1. The van der Waals surface area contributed by atoms with Gasteiger partial charge in [-0.25, -0.2) is 0 Å². The molecule has 0 aliphatic heterocycles. The van der Waals surface area contributed by atoms with Crippen molar-refractivity contribution in [1.29, 1.82) is 0 Å². The second-order valence-electron chi connectivity index (χ2n) is 5.35. The number of nitrogens with two attached hydrogens (primary N) is 1. The summed E-state index contributed by atoms with van der Waals surface area (Å²) in [5, 5.41) is 3.48. The van der Waals surface area contributed by atoms with Gasteiger partial charge in [-0.05, 0) is 53.6 Å². The molecular weight excluding hydrogens is 200 g/mol. The molecule has 0 heterocycles. The van der Waals surface area contributed by atoms with Crippen LogP contribution in [-0.4, -0.2) is 30.8 Å². The van der Waals surface area contributed by atoms with E-state index in [1.54, 1.807) is 0 Å². The largest absolute Gasteiger partial charge is 0.363 e. The van der Waals surface area contributed by atoms with Gasteiger partial charge >= 0.3 is 0 Å². The molecule has 3 nitrogen and oxygen atoms in total. The van der Waals surface area contributed by atoms with Crippen molar-refractivity contribution in [1.82, 2.24) is 5.32 Å². The molecule has 0 atom stereocenters. The topological polar surface area (TPSA) is 47.3 Å². The van der Waals surface area contributed by atoms with E-state index >= 15 is 0 Å². The first kappa shape index (κ1) is 15.4. The monoisotopic (exact) mass is 226 g/mol. The number of ether oxygens (including phenoxy) is 1. The molecule has 0 aliphatic rings. The summed E-state index contributed by atoms with van der Waals surface area (Å²) >= 11 is 0. The Kier molecular flexibility index (Phi) is 6.66. The van der Waals surface area contributed by atoms with Crippen molar-refractivity contribution < 1.29 is 4.74 Å². The van der Waals surface area contributed by atoms with Crippen LogP contribution in [0.5, 0.6) is 0 Å². The summed E-state index contributed by atoms with van der Waals surface area (Å²) in [6, 6.07) is 0. The van der Waals surface area contributed by atoms with Gasteiger partial charge in [0.15, 0.2) is 0 Å². The lowest BCUT2D eigenvalue weighted by molar-refractivity contribution is -0.00501. The molecule has 0 aromatic rings. The van der Waals surface area contributed by atoms with Crippen molar-refractivity contribution >= 4 is 0 Å². The minimum atomic E-state index is -0.168. The SMILES string of the molecule is C#CCOC(C)(C)CCNC(C)(C)CCN. The van der Waals surface area contributed by atoms with Crippen molar-refractivity contribution in [3.63, 3.8) is 0 Å². The van der Waals surface area contributed by atoms with Gasteiger partial charge in [0, 0.05) is 5.54 Å². The van der Waals surface area contributed by atoms with Crippen LogP contribution < -0.4 is 11.1 Å². The maximum absolute atomic E-state index is 5.55. The van der Waals surface area contributed by atoms with E-state index in [9.17, 15) is 0 Å². The molecule has 0 saturated heterocycles. The third-order valence-corrected chi connectivity index (χ3v) is 2.65. The van der Waals surface area contributed by atoms with E-state index < -0.39 is 0 Å². The van der Waals surface area contributed by atoms with E-state index in [0.717, 1.165) is 19.4 Å². The van der Waals surface area contributed by atoms with E-state index in [1.807, 2.05) is 0 Å². The molecule has 0 fully saturated rings. The van der Waals surface area contributed by atoms with Gasteiger partial charge in [-0.3, -0.25) is 0 Å². The lowest BCUT2D eigenvalue weighted by Gasteiger charge is -2.29. The Balaban J connectivity index is 3.84. The molecule has 0 radical (unpaired) electrons. The van der Waals surface area contributed by atoms with E-state index in [0.29, 0.717) is 13.2 Å². The molecule has 3 N–H and O–H groups in total. The molecule has 0 bridgehead atoms. The molecule has 0 amide bonds. The van der Waals surface area contributed by atoms with Gasteiger partial charge in [0.25, 0.3) is 0 Å². The quantitative estimate of drug-likeness (QED) is 0.617. The van der Waals surface area contributed by atoms with E-state index in [1.165, 1.54) is 0 Å². The van der Waals surface area contributed by atoms with Crippen molar-refractivity contribution in [3.8, 4) is 12.3 Å². The van der Waals surface area contributed by atoms with Gasteiger partial charge in [0.05, 0.1) is 5.60 Å². The Morgan fingerprint density at radius 1 is 1.25 bits per heavy atom. The lowest BCUT2D eigenvalue weighted by Crippen LogP contribution is -2.43. The number of nitrogens with one attached hydrogen (secondary N) is 1. The zero-order valence-electron chi connectivity index (χ0n) is 11.1. The van der Waals surface area contributed by atoms with Gasteiger partial charge < -0.3 is 15.8 Å². The normalized spacial score (nSPS) is 12.5. The third kappa shape index (κ3) is 7.70. The van der Waals surface area contributed by atoms with Gasteiger partial charge in [-0.1, -0.05) is 5.92 Å². The highest BCUT2D eigenvalue weighted by atomic mass is 16.5. The smallest absolute Gasteiger partial charge is 0.108 e. The fourth-order valence-electron chi connectivity index (χ4n) is 1.46. The summed E-state index contributed by atoms with van der Waals surface area (Å²) in [5.41, 5.74) is 5.48. The molecule has 0 unspecified atom stereocenters. The predicted molar refractivity (Wildman–Crippen MR) is 69.2 cm³/mol. The van der Waals surface area contributed by atoms with Crippen LogP contribution >= 0.6 is 0 Å². The number of rotatable bonds is 8. The zero-order chi connectivity index (χ0) is 12.7. The number of hydrogen-bond acceptors (Lipinski definition) is 3. The second-order valence-corrected chi connectivity index (χ2v) is 5.35. The molecule has 0 rings (SSSR count). The van der Waals surface area contributed by atoms with E-state index in [2.05, 4.69) is 38.9 Å². The first-order valence-corrected chi connectivity index (χ1v) is 5.85. The minimum Gasteiger partial charge on any atom is -0.363 e. The summed E-state index contributed by atoms with van der Waals surface area (Å²) in [5.74, 6) is 2.49. The molecule has 16 heavy (non-hydrogen) atoms. The Morgan fingerprint density at radius 2 is 1.88 bits per heavy atom. The highest BCUT2D eigenvalue weighted by molar-refractivity contribution is 4.86. The molecule has 3 heteroatoms. The first-order chi connectivity index (χ1) is 7.33. The maximum Gasteiger partial charge on any atom is 0.108 e. The summed E-state index contributed by atoms with van der Waals surface area (Å²) in [6.07, 6.45) is 7.07. The highest BCUT2D eigenvalue weighted by Crippen LogP contribution is 2.14. The molecule has 0 spiro atoms. The minimum absolute atomic E-state index is 0.0942. The van der Waals surface area contributed by atoms with Gasteiger partial charge in [-0.15, -0.1) is 6.42 Å². The Bertz CT molecular complexity index is 229. The Hall–Kier alpha value is -0.560. The summed E-state index contributed by atoms with van der Waals surface area (Å²) < 4.78 is 5.55. The van der Waals surface area contributed by atoms with Gasteiger partial charge in [-0.2, -0.15) is 0 Å². The van der Waals surface area contributed by atoms with Crippen LogP contribution in [0.15, 0.2) is 0 Å². The van der Waals surface area contributed by atoms with Crippen molar-refractivity contribution in [2.45, 2.75) is 51.7 Å². The molecule has 94 valence electrons. The van der Waals surface area contributed by atoms with Crippen LogP contribution in [-0.2, 0) is 4.74 Å². The average Bonchev–Trinajstić information content (AvgIpc) is 2.14. The Labute approximate surface area is 100 Å². The summed E-state index contributed by atoms with van der Waals surface area (Å²) in [7, 11) is 0. The van der Waals surface area contributed by atoms with Crippen molar-refractivity contribution in [2.24, 2.45) is 5.73 Å². The van der Waals surface area contributed by atoms with Crippen LogP contribution in [0.25, 0.3) is 0 Å². The molecule has 0 aliphatic carbocycles. The first-order valence-electron chi connectivity index (χ1n) is 5.85. The lowest BCUT2D eigenvalue weighted by atomic mass is 9.99. The summed E-state index contributed by atoms with van der Waals surface area (Å²) in [4.78, 5) is 0. The van der Waals surface area contributed by atoms with E-state index in [-0.39, 0.29) is 11.1 Å². The fourth-order valence-corrected chi connectivity index (χ4v) is 1.46. The van der Waals surface area contributed by atoms with Crippen LogP contribution in [0.1, 0.15) is 40.5 Å². The van der Waals surface area contributed by atoms with Crippen LogP contribution in [0, 0.1) is 12.3 Å². The summed E-state index contributed by atoms with van der Waals surface area (Å²) in [6.45, 7) is 10.4. The number of terminal acetylenes is 1. The molecule has 0 saturated carbocycles. The standard InChI is InChI=1S/C13H26N2O/c1-6-11-16-13(4,5)8-10-15-12(2,3)7-9-14/h1,15H,7-11,14H2,2-5H3. The second kappa shape index (κ2) is 6.90. The predicted octanol–water partition coefficient (Wildman–Crippen LogP) is 1.52. The molecule has 0 aromatic carbocycles. The van der Waals surface area contributed by atoms with Crippen molar-refractivity contribution in [2.75, 3.05) is 19.7 Å². The Morgan fingerprint density at radius 3 is 2.38 bits per heavy atom. The average molecular weight is 226 g/mol. The van der Waals surface area contributed by atoms with Crippen LogP contribution in [0.4, 0.5) is 0 Å². The third-order valence-electron chi connectivity index (χ3n) is 2.65. The van der Waals surface area contributed by atoms with Gasteiger partial charge in [0.2, 0.25) is 0 Å². The molecular formula is C13H26N2O. The number of hydrogen-bond donors (Lipinski definition) is 2. The van der Waals surface area contributed by atoms with Gasteiger partial charge in [0.1, 0.15) is 6.61 Å². The van der Waals surface area contributed by atoms with Crippen molar-refractivity contribution in [3.05, 3.63) is 0 Å². The van der Waals surface area contributed by atoms with Crippen LogP contribution in [0.3, 0.4) is 0 Å². The van der Waals surface area contributed by atoms with E-state index in [4.69, 9.17) is 16.9 Å². The highest BCUT2D eigenvalue weighted by Gasteiger charge is 2.20. The van der Waals surface area contributed by atoms with Crippen LogP contribution in [0.2, 0.25) is 0 Å².